The zero-order valence-electron chi connectivity index (χ0n) is 9.70. The molecule has 0 saturated heterocycles. The second kappa shape index (κ2) is 7.25. The van der Waals surface area contributed by atoms with E-state index in [1.54, 1.807) is 18.4 Å². The van der Waals surface area contributed by atoms with Gasteiger partial charge in [-0.3, -0.25) is 11.3 Å². The maximum Gasteiger partial charge on any atom is 0.0931 e. The molecular weight excluding hydrogens is 244 g/mol. The van der Waals surface area contributed by atoms with Crippen molar-refractivity contribution < 1.29 is 4.74 Å². The fourth-order valence-corrected chi connectivity index (χ4v) is 2.89. The molecule has 0 aromatic carbocycles. The Balaban J connectivity index is 2.59. The van der Waals surface area contributed by atoms with E-state index in [0.717, 1.165) is 23.6 Å². The Morgan fingerprint density at radius 1 is 1.56 bits per heavy atom. The van der Waals surface area contributed by atoms with E-state index < -0.39 is 0 Å². The van der Waals surface area contributed by atoms with Gasteiger partial charge in [-0.05, 0) is 18.6 Å². The van der Waals surface area contributed by atoms with Crippen molar-refractivity contribution >= 4 is 22.9 Å². The van der Waals surface area contributed by atoms with E-state index in [1.165, 1.54) is 4.88 Å². The Morgan fingerprint density at radius 3 is 2.75 bits per heavy atom. The van der Waals surface area contributed by atoms with Crippen LogP contribution in [-0.4, -0.2) is 19.3 Å². The van der Waals surface area contributed by atoms with Gasteiger partial charge in [0.15, 0.2) is 0 Å². The molecule has 1 heterocycles. The monoisotopic (exact) mass is 262 g/mol. The zero-order chi connectivity index (χ0) is 12.0. The molecule has 0 aliphatic rings. The summed E-state index contributed by atoms with van der Waals surface area (Å²) in [5, 5.41) is 0. The third kappa shape index (κ3) is 4.03. The first kappa shape index (κ1) is 13.9. The van der Waals surface area contributed by atoms with E-state index in [-0.39, 0.29) is 12.1 Å². The predicted octanol–water partition coefficient (Wildman–Crippen LogP) is 2.59. The molecule has 1 rings (SSSR count). The number of methoxy groups -OCH3 is 1. The van der Waals surface area contributed by atoms with E-state index in [4.69, 9.17) is 22.2 Å². The minimum Gasteiger partial charge on any atom is -0.380 e. The van der Waals surface area contributed by atoms with Gasteiger partial charge in [0.25, 0.3) is 0 Å². The SMILES string of the molecule is CCCC(OC)C(Cc1ccc(Cl)s1)NN. The third-order valence-electron chi connectivity index (χ3n) is 2.59. The maximum absolute atomic E-state index is 5.90. The molecule has 3 nitrogen and oxygen atoms in total. The molecule has 16 heavy (non-hydrogen) atoms. The van der Waals surface area contributed by atoms with Crippen LogP contribution in [0.5, 0.6) is 0 Å². The molecule has 0 radical (unpaired) electrons. The Bertz CT molecular complexity index is 306. The highest BCUT2D eigenvalue weighted by Gasteiger charge is 2.20. The average molecular weight is 263 g/mol. The molecule has 1 aromatic rings. The van der Waals surface area contributed by atoms with Crippen LogP contribution in [0.15, 0.2) is 12.1 Å². The topological polar surface area (TPSA) is 47.3 Å². The summed E-state index contributed by atoms with van der Waals surface area (Å²) in [6.07, 6.45) is 3.09. The number of hydrazine groups is 1. The second-order valence-electron chi connectivity index (χ2n) is 3.75. The Morgan fingerprint density at radius 2 is 2.31 bits per heavy atom. The summed E-state index contributed by atoms with van der Waals surface area (Å²) >= 11 is 7.49. The lowest BCUT2D eigenvalue weighted by molar-refractivity contribution is 0.0611. The fourth-order valence-electron chi connectivity index (χ4n) is 1.74. The number of rotatable bonds is 7. The van der Waals surface area contributed by atoms with Crippen LogP contribution in [0, 0.1) is 0 Å². The normalized spacial score (nSPS) is 15.0. The summed E-state index contributed by atoms with van der Waals surface area (Å²) in [5.74, 6) is 5.58. The third-order valence-corrected chi connectivity index (χ3v) is 3.84. The smallest absolute Gasteiger partial charge is 0.0931 e. The first-order valence-corrected chi connectivity index (χ1v) is 6.63. The van der Waals surface area contributed by atoms with E-state index in [9.17, 15) is 0 Å². The van der Waals surface area contributed by atoms with Crippen LogP contribution in [0.3, 0.4) is 0 Å². The Hall–Kier alpha value is -0.130. The molecule has 0 bridgehead atoms. The van der Waals surface area contributed by atoms with E-state index in [0.29, 0.717) is 0 Å². The lowest BCUT2D eigenvalue weighted by Gasteiger charge is -2.24. The van der Waals surface area contributed by atoms with E-state index in [1.807, 2.05) is 12.1 Å². The van der Waals surface area contributed by atoms with Crippen molar-refractivity contribution in [3.05, 3.63) is 21.3 Å². The Labute approximate surface area is 106 Å². The first-order valence-electron chi connectivity index (χ1n) is 5.44. The van der Waals surface area contributed by atoms with Gasteiger partial charge in [-0.25, -0.2) is 0 Å². The summed E-state index contributed by atoms with van der Waals surface area (Å²) in [4.78, 5) is 1.23. The van der Waals surface area contributed by atoms with Crippen LogP contribution < -0.4 is 11.3 Å². The van der Waals surface area contributed by atoms with Crippen molar-refractivity contribution in [3.63, 3.8) is 0 Å². The number of nitrogens with two attached hydrogens (primary N) is 1. The van der Waals surface area contributed by atoms with Gasteiger partial charge in [-0.15, -0.1) is 11.3 Å². The van der Waals surface area contributed by atoms with Crippen molar-refractivity contribution in [2.75, 3.05) is 7.11 Å². The minimum atomic E-state index is 0.139. The van der Waals surface area contributed by atoms with E-state index in [2.05, 4.69) is 12.3 Å². The van der Waals surface area contributed by atoms with Crippen molar-refractivity contribution in [2.45, 2.75) is 38.3 Å². The van der Waals surface area contributed by atoms with Crippen LogP contribution in [-0.2, 0) is 11.2 Å². The van der Waals surface area contributed by atoms with Crippen molar-refractivity contribution in [1.29, 1.82) is 0 Å². The highest BCUT2D eigenvalue weighted by Crippen LogP contribution is 2.23. The molecular formula is C11H19ClN2OS. The Kier molecular flexibility index (Phi) is 6.31. The van der Waals surface area contributed by atoms with Gasteiger partial charge in [0.1, 0.15) is 0 Å². The van der Waals surface area contributed by atoms with Gasteiger partial charge in [-0.2, -0.15) is 0 Å². The van der Waals surface area contributed by atoms with E-state index >= 15 is 0 Å². The minimum absolute atomic E-state index is 0.139. The van der Waals surface area contributed by atoms with Gasteiger partial charge in [0.2, 0.25) is 0 Å². The number of hydrogen-bond donors (Lipinski definition) is 2. The van der Waals surface area contributed by atoms with Gasteiger partial charge >= 0.3 is 0 Å². The van der Waals surface area contributed by atoms with Crippen molar-refractivity contribution in [3.8, 4) is 0 Å². The average Bonchev–Trinajstić information content (AvgIpc) is 2.69. The predicted molar refractivity (Wildman–Crippen MR) is 69.8 cm³/mol. The molecule has 0 aliphatic heterocycles. The van der Waals surface area contributed by atoms with Crippen LogP contribution in [0.4, 0.5) is 0 Å². The maximum atomic E-state index is 5.90. The quantitative estimate of drug-likeness (QED) is 0.587. The molecule has 5 heteroatoms. The molecule has 1 aromatic heterocycles. The van der Waals surface area contributed by atoms with Crippen LogP contribution in [0.2, 0.25) is 4.34 Å². The van der Waals surface area contributed by atoms with Gasteiger partial charge < -0.3 is 4.74 Å². The van der Waals surface area contributed by atoms with Crippen LogP contribution in [0.25, 0.3) is 0 Å². The molecule has 0 aliphatic carbocycles. The molecule has 0 spiro atoms. The largest absolute Gasteiger partial charge is 0.380 e. The second-order valence-corrected chi connectivity index (χ2v) is 5.55. The highest BCUT2D eigenvalue weighted by atomic mass is 35.5. The summed E-state index contributed by atoms with van der Waals surface area (Å²) in [6, 6.07) is 4.09. The summed E-state index contributed by atoms with van der Waals surface area (Å²) in [5.41, 5.74) is 2.83. The summed E-state index contributed by atoms with van der Waals surface area (Å²) in [7, 11) is 1.73. The molecule has 0 saturated carbocycles. The lowest BCUT2D eigenvalue weighted by atomic mass is 10.0. The molecule has 0 amide bonds. The summed E-state index contributed by atoms with van der Waals surface area (Å²) < 4.78 is 6.27. The van der Waals surface area contributed by atoms with Crippen molar-refractivity contribution in [2.24, 2.45) is 5.84 Å². The number of ether oxygens (including phenoxy) is 1. The van der Waals surface area contributed by atoms with Crippen LogP contribution in [0.1, 0.15) is 24.6 Å². The zero-order valence-corrected chi connectivity index (χ0v) is 11.3. The van der Waals surface area contributed by atoms with Gasteiger partial charge in [-0.1, -0.05) is 24.9 Å². The number of thiophene rings is 1. The highest BCUT2D eigenvalue weighted by molar-refractivity contribution is 7.16. The van der Waals surface area contributed by atoms with Gasteiger partial charge in [0.05, 0.1) is 16.5 Å². The van der Waals surface area contributed by atoms with Gasteiger partial charge in [0, 0.05) is 18.4 Å². The van der Waals surface area contributed by atoms with Crippen LogP contribution >= 0.6 is 22.9 Å². The summed E-state index contributed by atoms with van der Waals surface area (Å²) in [6.45, 7) is 2.14. The number of hydrogen-bond acceptors (Lipinski definition) is 4. The standard InChI is InChI=1S/C11H19ClN2OS/c1-3-4-10(15-2)9(14-13)7-8-5-6-11(12)16-8/h5-6,9-10,14H,3-4,7,13H2,1-2H3. The number of halogens is 1. The number of nitrogens with one attached hydrogen (secondary N) is 1. The fraction of sp³-hybridized carbons (Fsp3) is 0.636. The molecule has 0 fully saturated rings. The molecule has 3 N–H and O–H groups in total. The lowest BCUT2D eigenvalue weighted by Crippen LogP contribution is -2.46. The van der Waals surface area contributed by atoms with Crippen molar-refractivity contribution in [1.82, 2.24) is 5.43 Å². The first-order chi connectivity index (χ1) is 7.71. The molecule has 92 valence electrons. The molecule has 2 unspecified atom stereocenters. The molecule has 2 atom stereocenters.